The highest BCUT2D eigenvalue weighted by Gasteiger charge is 2.27. The highest BCUT2D eigenvalue weighted by Crippen LogP contribution is 2.44. The minimum Gasteiger partial charge on any atom is -0.385 e. The molecule has 0 aliphatic rings. The van der Waals surface area contributed by atoms with Gasteiger partial charge in [-0.05, 0) is 58.4 Å². The molecule has 10 heteroatoms. The van der Waals surface area contributed by atoms with Crippen LogP contribution in [0.5, 0.6) is 0 Å². The van der Waals surface area contributed by atoms with Crippen molar-refractivity contribution in [1.29, 1.82) is 0 Å². The van der Waals surface area contributed by atoms with Crippen molar-refractivity contribution >= 4 is 33.8 Å². The number of rotatable bonds is 7. The second-order valence-corrected chi connectivity index (χ2v) is 10.4. The molecule has 1 unspecified atom stereocenters. The number of aliphatic hydroxyl groups is 1. The average molecular weight is 512 g/mol. The normalized spacial score (nSPS) is 12.7. The van der Waals surface area contributed by atoms with Crippen LogP contribution in [0.15, 0.2) is 35.4 Å². The molecular formula is C26H30FN5O3S. The number of fused-ring (bicyclic) bond motifs is 1. The van der Waals surface area contributed by atoms with Crippen molar-refractivity contribution < 1.29 is 14.3 Å². The van der Waals surface area contributed by atoms with Crippen LogP contribution in [0.3, 0.4) is 0 Å². The summed E-state index contributed by atoms with van der Waals surface area (Å²) in [6.45, 7) is 9.16. The minimum atomic E-state index is -1.55. The fourth-order valence-electron chi connectivity index (χ4n) is 4.19. The second kappa shape index (κ2) is 9.51. The lowest BCUT2D eigenvalue weighted by Gasteiger charge is -2.17. The van der Waals surface area contributed by atoms with E-state index in [-0.39, 0.29) is 22.7 Å². The van der Waals surface area contributed by atoms with E-state index in [2.05, 4.69) is 20.6 Å². The van der Waals surface area contributed by atoms with Gasteiger partial charge in [0.2, 0.25) is 0 Å². The van der Waals surface area contributed by atoms with Gasteiger partial charge in [0.25, 0.3) is 11.5 Å². The summed E-state index contributed by atoms with van der Waals surface area (Å²) in [6, 6.07) is 5.11. The lowest BCUT2D eigenvalue weighted by atomic mass is 10.1. The highest BCUT2D eigenvalue weighted by molar-refractivity contribution is 7.16. The van der Waals surface area contributed by atoms with Gasteiger partial charge in [0.15, 0.2) is 6.30 Å². The van der Waals surface area contributed by atoms with Gasteiger partial charge in [0.05, 0.1) is 16.2 Å². The molecule has 0 radical (unpaired) electrons. The summed E-state index contributed by atoms with van der Waals surface area (Å²) in [4.78, 5) is 33.8. The Hall–Kier alpha value is -3.50. The van der Waals surface area contributed by atoms with Crippen LogP contribution in [0, 0.1) is 13.8 Å². The number of carbonyl (C=O) groups is 1. The van der Waals surface area contributed by atoms with E-state index in [1.54, 1.807) is 58.4 Å². The predicted molar refractivity (Wildman–Crippen MR) is 141 cm³/mol. The lowest BCUT2D eigenvalue weighted by molar-refractivity contribution is 0.0825. The van der Waals surface area contributed by atoms with Gasteiger partial charge in [-0.2, -0.15) is 0 Å². The third kappa shape index (κ3) is 4.66. The van der Waals surface area contributed by atoms with Crippen LogP contribution in [0.4, 0.5) is 10.1 Å². The molecule has 0 spiro atoms. The predicted octanol–water partition coefficient (Wildman–Crippen LogP) is 4.66. The van der Waals surface area contributed by atoms with E-state index in [1.807, 2.05) is 13.8 Å². The molecule has 190 valence electrons. The first kappa shape index (κ1) is 25.6. The molecule has 36 heavy (non-hydrogen) atoms. The molecule has 1 atom stereocenters. The summed E-state index contributed by atoms with van der Waals surface area (Å²) >= 11 is 1.30. The van der Waals surface area contributed by atoms with Crippen molar-refractivity contribution in [2.75, 3.05) is 11.9 Å². The van der Waals surface area contributed by atoms with E-state index < -0.39 is 11.9 Å². The van der Waals surface area contributed by atoms with Crippen molar-refractivity contribution in [1.82, 2.24) is 19.9 Å². The van der Waals surface area contributed by atoms with Crippen LogP contribution < -0.4 is 16.2 Å². The summed E-state index contributed by atoms with van der Waals surface area (Å²) in [7, 11) is 1.62. The van der Waals surface area contributed by atoms with Gasteiger partial charge in [-0.3, -0.25) is 14.6 Å². The number of thiophene rings is 1. The van der Waals surface area contributed by atoms with Crippen molar-refractivity contribution in [2.45, 2.75) is 46.5 Å². The Bertz CT molecular complexity index is 1490. The van der Waals surface area contributed by atoms with Gasteiger partial charge in [0.1, 0.15) is 11.2 Å². The number of aromatic amines is 1. The Labute approximate surface area is 212 Å². The van der Waals surface area contributed by atoms with Gasteiger partial charge in [-0.15, -0.1) is 11.3 Å². The SMILES string of the molecule is CCNC(=O)c1cc2c(-c3sc(C(C)(C)O)cc3NC(F)c3c(C)ccnc3C)cn(C)c(=O)c2[nH]1. The Balaban J connectivity index is 1.91. The standard InChI is InChI=1S/C26H30FN5O3S/c1-7-28-24(33)18-10-15-16(12-32(6)25(34)21(15)30-18)22-17(11-19(36-22)26(4,5)35)31-23(27)20-13(2)8-9-29-14(20)3/h8-12,23,30-31,35H,7H2,1-6H3,(H,28,33). The number of nitrogens with zero attached hydrogens (tertiary/aromatic N) is 2. The molecule has 0 bridgehead atoms. The minimum absolute atomic E-state index is 0.259. The lowest BCUT2D eigenvalue weighted by Crippen LogP contribution is -2.23. The van der Waals surface area contributed by atoms with Crippen molar-refractivity contribution in [3.63, 3.8) is 0 Å². The Morgan fingerprint density at radius 3 is 2.69 bits per heavy atom. The van der Waals surface area contributed by atoms with Crippen molar-refractivity contribution in [3.05, 3.63) is 68.3 Å². The number of anilines is 1. The van der Waals surface area contributed by atoms with Crippen molar-refractivity contribution in [3.8, 4) is 10.4 Å². The number of pyridine rings is 2. The first-order valence-corrected chi connectivity index (χ1v) is 12.4. The van der Waals surface area contributed by atoms with Crippen LogP contribution >= 0.6 is 11.3 Å². The van der Waals surface area contributed by atoms with Crippen LogP contribution in [0.1, 0.15) is 59.3 Å². The number of H-pyrrole nitrogens is 1. The van der Waals surface area contributed by atoms with Gasteiger partial charge in [-0.25, -0.2) is 4.39 Å². The Morgan fingerprint density at radius 2 is 2.06 bits per heavy atom. The van der Waals surface area contributed by atoms with Crippen molar-refractivity contribution in [2.24, 2.45) is 7.05 Å². The maximum atomic E-state index is 15.7. The number of aromatic nitrogens is 3. The zero-order valence-electron chi connectivity index (χ0n) is 21.1. The second-order valence-electron chi connectivity index (χ2n) is 9.34. The Morgan fingerprint density at radius 1 is 1.33 bits per heavy atom. The van der Waals surface area contributed by atoms with Crippen LogP contribution in [-0.2, 0) is 12.6 Å². The number of halogens is 1. The molecule has 0 fully saturated rings. The van der Waals surface area contributed by atoms with Crippen LogP contribution in [0.25, 0.3) is 21.3 Å². The third-order valence-corrected chi connectivity index (χ3v) is 7.55. The van der Waals surface area contributed by atoms with E-state index in [0.717, 1.165) is 5.56 Å². The zero-order valence-corrected chi connectivity index (χ0v) is 21.9. The quantitative estimate of drug-likeness (QED) is 0.270. The Kier molecular flexibility index (Phi) is 6.76. The first-order chi connectivity index (χ1) is 16.9. The molecule has 4 aromatic heterocycles. The van der Waals surface area contributed by atoms with Crippen LogP contribution in [-0.4, -0.2) is 32.1 Å². The summed E-state index contributed by atoms with van der Waals surface area (Å²) in [5.74, 6) is -0.324. The molecule has 4 N–H and O–H groups in total. The largest absolute Gasteiger partial charge is 0.385 e. The number of carbonyl (C=O) groups excluding carboxylic acids is 1. The molecule has 0 saturated carbocycles. The summed E-state index contributed by atoms with van der Waals surface area (Å²) in [5, 5.41) is 17.0. The number of alkyl halides is 1. The molecule has 0 aliphatic carbocycles. The zero-order chi connectivity index (χ0) is 26.4. The summed E-state index contributed by atoms with van der Waals surface area (Å²) < 4.78 is 17.1. The molecule has 0 aromatic carbocycles. The fourth-order valence-corrected chi connectivity index (χ4v) is 5.34. The van der Waals surface area contributed by atoms with Gasteiger partial charge < -0.3 is 25.3 Å². The topological polar surface area (TPSA) is 112 Å². The molecule has 4 heterocycles. The smallest absolute Gasteiger partial charge is 0.274 e. The molecule has 0 saturated heterocycles. The third-order valence-electron chi connectivity index (χ3n) is 6.07. The van der Waals surface area contributed by atoms with Gasteiger partial charge >= 0.3 is 0 Å². The number of amides is 1. The number of hydrogen-bond acceptors (Lipinski definition) is 6. The van der Waals surface area contributed by atoms with Crippen LogP contribution in [0.2, 0.25) is 0 Å². The van der Waals surface area contributed by atoms with E-state index in [0.29, 0.717) is 44.2 Å². The van der Waals surface area contributed by atoms with Gasteiger partial charge in [0, 0.05) is 53.1 Å². The van der Waals surface area contributed by atoms with E-state index >= 15 is 4.39 Å². The number of nitrogens with one attached hydrogen (secondary N) is 3. The monoisotopic (exact) mass is 511 g/mol. The van der Waals surface area contributed by atoms with Gasteiger partial charge in [-0.1, -0.05) is 0 Å². The molecule has 1 amide bonds. The first-order valence-electron chi connectivity index (χ1n) is 11.6. The highest BCUT2D eigenvalue weighted by atomic mass is 32.1. The molecule has 4 aromatic rings. The molecule has 8 nitrogen and oxygen atoms in total. The number of aryl methyl sites for hydroxylation is 3. The maximum absolute atomic E-state index is 15.7. The maximum Gasteiger partial charge on any atom is 0.274 e. The number of hydrogen-bond donors (Lipinski definition) is 4. The summed E-state index contributed by atoms with van der Waals surface area (Å²) in [6.07, 6.45) is 1.75. The van der Waals surface area contributed by atoms with E-state index in [1.165, 1.54) is 15.9 Å². The summed E-state index contributed by atoms with van der Waals surface area (Å²) in [5.41, 5.74) is 1.97. The molecule has 0 aliphatic heterocycles. The fraction of sp³-hybridized carbons (Fsp3) is 0.346. The van der Waals surface area contributed by atoms with E-state index in [4.69, 9.17) is 0 Å². The molecule has 4 rings (SSSR count). The molecular weight excluding hydrogens is 481 g/mol. The average Bonchev–Trinajstić information content (AvgIpc) is 3.42. The van der Waals surface area contributed by atoms with E-state index in [9.17, 15) is 14.7 Å².